The number of carbonyl (C=O) groups is 2. The van der Waals surface area contributed by atoms with E-state index in [1.807, 2.05) is 18.2 Å². The number of aromatic hydroxyl groups is 1. The molecule has 5 heteroatoms. The zero-order valence-corrected chi connectivity index (χ0v) is 17.4. The Labute approximate surface area is 172 Å². The molecule has 2 rings (SSSR count). The van der Waals surface area contributed by atoms with E-state index in [2.05, 4.69) is 24.2 Å². The van der Waals surface area contributed by atoms with Gasteiger partial charge in [0, 0.05) is 24.6 Å². The Hall–Kier alpha value is -3.21. The van der Waals surface area contributed by atoms with E-state index in [0.29, 0.717) is 29.3 Å². The number of aryl methyl sites for hydroxylation is 1. The lowest BCUT2D eigenvalue weighted by atomic mass is 10.0. The largest absolute Gasteiger partial charge is 0.508 e. The van der Waals surface area contributed by atoms with Gasteiger partial charge in [0.25, 0.3) is 5.91 Å². The van der Waals surface area contributed by atoms with Crippen LogP contribution in [0.15, 0.2) is 53.5 Å². The summed E-state index contributed by atoms with van der Waals surface area (Å²) in [5.74, 6) is 0.310. The zero-order valence-electron chi connectivity index (χ0n) is 17.4. The maximum Gasteiger partial charge on any atom is 0.251 e. The summed E-state index contributed by atoms with van der Waals surface area (Å²) in [6.45, 7) is 8.06. The van der Waals surface area contributed by atoms with Gasteiger partial charge in [0.05, 0.1) is 5.71 Å². The number of nitrogens with one attached hydrogen (secondary N) is 1. The van der Waals surface area contributed by atoms with Crippen molar-refractivity contribution in [2.24, 2.45) is 10.9 Å². The zero-order chi connectivity index (χ0) is 21.4. The molecule has 0 aliphatic rings. The molecule has 0 aliphatic heterocycles. The Morgan fingerprint density at radius 2 is 1.90 bits per heavy atom. The Balaban J connectivity index is 2.22. The number of benzene rings is 2. The first-order valence-electron chi connectivity index (χ1n) is 9.72. The van der Waals surface area contributed by atoms with E-state index in [0.717, 1.165) is 17.5 Å². The Bertz CT molecular complexity index is 943. The van der Waals surface area contributed by atoms with Crippen molar-refractivity contribution in [2.45, 2.75) is 34.1 Å². The van der Waals surface area contributed by atoms with E-state index in [1.54, 1.807) is 43.3 Å². The molecule has 2 aromatic carbocycles. The highest BCUT2D eigenvalue weighted by Crippen LogP contribution is 2.18. The first-order valence-corrected chi connectivity index (χ1v) is 9.72. The third-order valence-electron chi connectivity index (χ3n) is 4.36. The number of phenolic OH excluding ortho intramolecular Hbond substituents is 1. The second-order valence-electron chi connectivity index (χ2n) is 7.41. The molecule has 0 saturated heterocycles. The number of carbonyl (C=O) groups excluding carboxylic acids is 2. The van der Waals surface area contributed by atoms with Crippen LogP contribution in [0, 0.1) is 12.8 Å². The van der Waals surface area contributed by atoms with E-state index in [-0.39, 0.29) is 17.6 Å². The van der Waals surface area contributed by atoms with Crippen molar-refractivity contribution >= 4 is 23.6 Å². The minimum absolute atomic E-state index is 0.104. The van der Waals surface area contributed by atoms with Crippen LogP contribution in [0.5, 0.6) is 5.75 Å². The normalized spacial score (nSPS) is 11.8. The number of nitrogens with zero attached hydrogens (tertiary/aromatic N) is 1. The van der Waals surface area contributed by atoms with Gasteiger partial charge in [-0.1, -0.05) is 32.1 Å². The van der Waals surface area contributed by atoms with Crippen molar-refractivity contribution in [1.29, 1.82) is 0 Å². The molecule has 2 N–H and O–H groups in total. The van der Waals surface area contributed by atoms with Crippen molar-refractivity contribution in [3.8, 4) is 5.75 Å². The Kier molecular flexibility index (Phi) is 7.89. The average Bonchev–Trinajstić information content (AvgIpc) is 2.67. The monoisotopic (exact) mass is 392 g/mol. The second-order valence-corrected chi connectivity index (χ2v) is 7.41. The van der Waals surface area contributed by atoms with Crippen molar-refractivity contribution in [2.75, 3.05) is 6.54 Å². The molecule has 0 unspecified atom stereocenters. The summed E-state index contributed by atoms with van der Waals surface area (Å²) in [6.07, 6.45) is 4.49. The summed E-state index contributed by atoms with van der Waals surface area (Å²) in [7, 11) is 0. The lowest BCUT2D eigenvalue weighted by Gasteiger charge is -2.08. The number of rotatable bonds is 7. The summed E-state index contributed by atoms with van der Waals surface area (Å²) < 4.78 is 0. The minimum atomic E-state index is -0.311. The number of aliphatic imine (C=N–C) groups is 1. The third kappa shape index (κ3) is 7.03. The van der Waals surface area contributed by atoms with Crippen LogP contribution >= 0.6 is 0 Å². The maximum atomic E-state index is 12.3. The van der Waals surface area contributed by atoms with Crippen LogP contribution < -0.4 is 5.32 Å². The molecule has 0 atom stereocenters. The number of amides is 2. The van der Waals surface area contributed by atoms with E-state index >= 15 is 0 Å². The van der Waals surface area contributed by atoms with Gasteiger partial charge in [0.15, 0.2) is 0 Å². The standard InChI is InChI=1S/C24H28N2O3/c1-16(2)12-13-25-24(29)21-7-5-6-19(15-21)8-10-22(26-18(4)27)20-9-11-23(28)17(3)14-20/h5-11,14-16,28H,12-13H2,1-4H3,(H,25,29)/b10-8+,26-22?. The number of hydrogen-bond donors (Lipinski definition) is 2. The average molecular weight is 392 g/mol. The van der Waals surface area contributed by atoms with Gasteiger partial charge in [-0.2, -0.15) is 0 Å². The smallest absolute Gasteiger partial charge is 0.251 e. The molecule has 0 radical (unpaired) electrons. The molecular weight excluding hydrogens is 364 g/mol. The van der Waals surface area contributed by atoms with Crippen LogP contribution in [0.4, 0.5) is 0 Å². The quantitative estimate of drug-likeness (QED) is 0.680. The van der Waals surface area contributed by atoms with Gasteiger partial charge in [-0.3, -0.25) is 9.59 Å². The molecular formula is C24H28N2O3. The van der Waals surface area contributed by atoms with Crippen LogP contribution in [0.25, 0.3) is 6.08 Å². The molecule has 0 aliphatic carbocycles. The summed E-state index contributed by atoms with van der Waals surface area (Å²) in [5.41, 5.74) is 3.34. The fourth-order valence-corrected chi connectivity index (χ4v) is 2.72. The van der Waals surface area contributed by atoms with Gasteiger partial charge in [-0.25, -0.2) is 4.99 Å². The molecule has 0 aromatic heterocycles. The first kappa shape index (κ1) is 22.1. The Morgan fingerprint density at radius 1 is 1.14 bits per heavy atom. The van der Waals surface area contributed by atoms with Crippen LogP contribution in [-0.2, 0) is 4.79 Å². The molecule has 0 spiro atoms. The molecule has 0 fully saturated rings. The highest BCUT2D eigenvalue weighted by atomic mass is 16.3. The number of allylic oxidation sites excluding steroid dienone is 1. The van der Waals surface area contributed by atoms with Crippen molar-refractivity contribution in [3.05, 3.63) is 70.8 Å². The summed E-state index contributed by atoms with van der Waals surface area (Å²) in [4.78, 5) is 28.0. The van der Waals surface area contributed by atoms with Gasteiger partial charge < -0.3 is 10.4 Å². The molecule has 29 heavy (non-hydrogen) atoms. The van der Waals surface area contributed by atoms with E-state index < -0.39 is 0 Å². The summed E-state index contributed by atoms with van der Waals surface area (Å²) in [6, 6.07) is 12.4. The van der Waals surface area contributed by atoms with Crippen LogP contribution in [0.2, 0.25) is 0 Å². The Morgan fingerprint density at radius 3 is 2.55 bits per heavy atom. The molecule has 2 aromatic rings. The lowest BCUT2D eigenvalue weighted by Crippen LogP contribution is -2.25. The number of phenols is 1. The predicted molar refractivity (Wildman–Crippen MR) is 117 cm³/mol. The molecule has 0 saturated carbocycles. The topological polar surface area (TPSA) is 78.8 Å². The fourth-order valence-electron chi connectivity index (χ4n) is 2.72. The molecule has 2 amide bonds. The molecule has 152 valence electrons. The van der Waals surface area contributed by atoms with E-state index in [9.17, 15) is 14.7 Å². The third-order valence-corrected chi connectivity index (χ3v) is 4.36. The molecule has 0 bridgehead atoms. The van der Waals surface area contributed by atoms with Crippen molar-refractivity contribution in [1.82, 2.24) is 5.32 Å². The predicted octanol–water partition coefficient (Wildman–Crippen LogP) is 4.53. The first-order chi connectivity index (χ1) is 13.8. The fraction of sp³-hybridized carbons (Fsp3) is 0.292. The molecule has 5 nitrogen and oxygen atoms in total. The van der Waals surface area contributed by atoms with Crippen LogP contribution in [0.3, 0.4) is 0 Å². The van der Waals surface area contributed by atoms with Crippen LogP contribution in [0.1, 0.15) is 54.2 Å². The minimum Gasteiger partial charge on any atom is -0.508 e. The van der Waals surface area contributed by atoms with E-state index in [4.69, 9.17) is 0 Å². The maximum absolute atomic E-state index is 12.3. The lowest BCUT2D eigenvalue weighted by molar-refractivity contribution is -0.115. The van der Waals surface area contributed by atoms with Gasteiger partial charge >= 0.3 is 0 Å². The SMILES string of the molecule is CC(=O)N=C(/C=C/c1cccc(C(=O)NCCC(C)C)c1)c1ccc(O)c(C)c1. The van der Waals surface area contributed by atoms with Crippen molar-refractivity contribution < 1.29 is 14.7 Å². The van der Waals surface area contributed by atoms with E-state index in [1.165, 1.54) is 6.92 Å². The second kappa shape index (κ2) is 10.4. The highest BCUT2D eigenvalue weighted by molar-refractivity contribution is 6.14. The van der Waals surface area contributed by atoms with Crippen molar-refractivity contribution in [3.63, 3.8) is 0 Å². The number of hydrogen-bond acceptors (Lipinski definition) is 3. The van der Waals surface area contributed by atoms with Gasteiger partial charge in [0.1, 0.15) is 5.75 Å². The van der Waals surface area contributed by atoms with Gasteiger partial charge in [-0.05, 0) is 66.8 Å². The summed E-state index contributed by atoms with van der Waals surface area (Å²) in [5, 5.41) is 12.7. The summed E-state index contributed by atoms with van der Waals surface area (Å²) >= 11 is 0. The van der Waals surface area contributed by atoms with Crippen LogP contribution in [-0.4, -0.2) is 29.2 Å². The molecule has 0 heterocycles. The van der Waals surface area contributed by atoms with Gasteiger partial charge in [-0.15, -0.1) is 0 Å². The highest BCUT2D eigenvalue weighted by Gasteiger charge is 2.07. The van der Waals surface area contributed by atoms with Gasteiger partial charge in [0.2, 0.25) is 5.91 Å².